The van der Waals surface area contributed by atoms with Crippen molar-refractivity contribution < 1.29 is 24.5 Å². The second kappa shape index (κ2) is 4.76. The van der Waals surface area contributed by atoms with Crippen molar-refractivity contribution in [2.24, 2.45) is 0 Å². The number of benzene rings is 1. The number of phenols is 1. The first-order valence-electron chi connectivity index (χ1n) is 6.46. The Balaban J connectivity index is 1.91. The molecular weight excluding hydrogens is 260 g/mol. The molecule has 1 aliphatic heterocycles. The van der Waals surface area contributed by atoms with E-state index in [4.69, 9.17) is 4.74 Å². The molecular formula is C15H14O5. The molecule has 3 rings (SSSR count). The van der Waals surface area contributed by atoms with Crippen LogP contribution in [0.3, 0.4) is 0 Å². The third-order valence-electron chi connectivity index (χ3n) is 3.63. The van der Waals surface area contributed by atoms with Crippen LogP contribution in [0.2, 0.25) is 0 Å². The van der Waals surface area contributed by atoms with Crippen molar-refractivity contribution in [3.05, 3.63) is 41.2 Å². The molecule has 0 spiro atoms. The maximum absolute atomic E-state index is 12.1. The zero-order chi connectivity index (χ0) is 14.3. The lowest BCUT2D eigenvalue weighted by atomic mass is 9.86. The average Bonchev–Trinajstić information content (AvgIpc) is 2.38. The number of aliphatic hydroxyl groups excluding tert-OH is 1. The van der Waals surface area contributed by atoms with Crippen molar-refractivity contribution in [2.75, 3.05) is 0 Å². The van der Waals surface area contributed by atoms with Crippen LogP contribution < -0.4 is 0 Å². The van der Waals surface area contributed by atoms with E-state index in [1.165, 1.54) is 12.1 Å². The van der Waals surface area contributed by atoms with Gasteiger partial charge in [0.05, 0.1) is 24.5 Å². The summed E-state index contributed by atoms with van der Waals surface area (Å²) in [4.78, 5) is 23.6. The predicted octanol–water partition coefficient (Wildman–Crippen LogP) is 1.40. The van der Waals surface area contributed by atoms with Crippen LogP contribution in [0.1, 0.15) is 30.9 Å². The highest BCUT2D eigenvalue weighted by Gasteiger charge is 2.38. The Morgan fingerprint density at radius 2 is 1.80 bits per heavy atom. The highest BCUT2D eigenvalue weighted by Crippen LogP contribution is 2.37. The molecule has 5 heteroatoms. The van der Waals surface area contributed by atoms with Gasteiger partial charge in [0, 0.05) is 6.42 Å². The minimum atomic E-state index is -1.04. The predicted molar refractivity (Wildman–Crippen MR) is 68.8 cm³/mol. The molecule has 0 bridgehead atoms. The lowest BCUT2D eigenvalue weighted by molar-refractivity contribution is -0.126. The number of Topliss-reactive ketones (excluding diaryl/α,β-unsaturated/α-hetero) is 2. The van der Waals surface area contributed by atoms with E-state index in [2.05, 4.69) is 0 Å². The number of aromatic hydroxyl groups is 1. The molecule has 1 heterocycles. The number of hydrogen-bond donors (Lipinski definition) is 2. The van der Waals surface area contributed by atoms with Crippen LogP contribution >= 0.6 is 0 Å². The molecule has 5 nitrogen and oxygen atoms in total. The molecule has 1 aromatic rings. The minimum Gasteiger partial charge on any atom is -0.508 e. The summed E-state index contributed by atoms with van der Waals surface area (Å²) in [5, 5.41) is 19.1. The number of ether oxygens (including phenoxy) is 1. The molecule has 0 saturated carbocycles. The van der Waals surface area contributed by atoms with E-state index in [0.29, 0.717) is 5.76 Å². The van der Waals surface area contributed by atoms with E-state index in [-0.39, 0.29) is 42.2 Å². The first-order chi connectivity index (χ1) is 9.54. The molecule has 1 aromatic carbocycles. The third-order valence-corrected chi connectivity index (χ3v) is 3.63. The van der Waals surface area contributed by atoms with Gasteiger partial charge in [-0.1, -0.05) is 12.1 Å². The lowest BCUT2D eigenvalue weighted by Crippen LogP contribution is -2.33. The maximum atomic E-state index is 12.1. The molecule has 0 fully saturated rings. The van der Waals surface area contributed by atoms with E-state index < -0.39 is 12.2 Å². The lowest BCUT2D eigenvalue weighted by Gasteiger charge is -2.32. The summed E-state index contributed by atoms with van der Waals surface area (Å²) in [5.74, 6) is 0.127. The Hall–Kier alpha value is -2.14. The van der Waals surface area contributed by atoms with Gasteiger partial charge in [-0.2, -0.15) is 0 Å². The second-order valence-electron chi connectivity index (χ2n) is 5.10. The highest BCUT2D eigenvalue weighted by molar-refractivity contribution is 6.01. The van der Waals surface area contributed by atoms with Crippen molar-refractivity contribution >= 4 is 11.6 Å². The summed E-state index contributed by atoms with van der Waals surface area (Å²) in [6.45, 7) is 0. The highest BCUT2D eigenvalue weighted by atomic mass is 16.5. The number of ketones is 2. The second-order valence-corrected chi connectivity index (χ2v) is 5.10. The SMILES string of the molecule is O=C1CC2=C(C(=O)CC(c3ccc(O)cc3)O2)C(O)C1. The first kappa shape index (κ1) is 12.9. The zero-order valence-corrected chi connectivity index (χ0v) is 10.7. The largest absolute Gasteiger partial charge is 0.508 e. The normalized spacial score (nSPS) is 26.2. The monoisotopic (exact) mass is 274 g/mol. The van der Waals surface area contributed by atoms with Gasteiger partial charge < -0.3 is 14.9 Å². The summed E-state index contributed by atoms with van der Waals surface area (Å²) in [5.41, 5.74) is 1.01. The summed E-state index contributed by atoms with van der Waals surface area (Å²) in [7, 11) is 0. The van der Waals surface area contributed by atoms with E-state index in [9.17, 15) is 19.8 Å². The van der Waals surface area contributed by atoms with Crippen molar-refractivity contribution in [3.8, 4) is 5.75 Å². The molecule has 1 aliphatic carbocycles. The quantitative estimate of drug-likeness (QED) is 0.808. The van der Waals surface area contributed by atoms with Crippen LogP contribution in [0.5, 0.6) is 5.75 Å². The van der Waals surface area contributed by atoms with Gasteiger partial charge in [0.25, 0.3) is 0 Å². The number of phenolic OH excluding ortho intramolecular Hbond substituents is 1. The molecule has 0 aromatic heterocycles. The number of rotatable bonds is 1. The topological polar surface area (TPSA) is 83.8 Å². The van der Waals surface area contributed by atoms with Crippen LogP contribution in [0.4, 0.5) is 0 Å². The van der Waals surface area contributed by atoms with E-state index in [1.54, 1.807) is 12.1 Å². The molecule has 2 atom stereocenters. The zero-order valence-electron chi connectivity index (χ0n) is 10.7. The van der Waals surface area contributed by atoms with Gasteiger partial charge in [-0.15, -0.1) is 0 Å². The van der Waals surface area contributed by atoms with Gasteiger partial charge >= 0.3 is 0 Å². The Kier molecular flexibility index (Phi) is 3.06. The van der Waals surface area contributed by atoms with E-state index >= 15 is 0 Å². The average molecular weight is 274 g/mol. The number of hydrogen-bond acceptors (Lipinski definition) is 5. The minimum absolute atomic E-state index is 0.0161. The standard InChI is InChI=1S/C15H14O5/c16-9-3-1-8(2-4-9)13-7-12(19)15-11(18)5-10(17)6-14(15)20-13/h1-4,11,13,16,18H,5-7H2. The van der Waals surface area contributed by atoms with Gasteiger partial charge in [-0.05, 0) is 17.7 Å². The number of aliphatic hydroxyl groups is 1. The van der Waals surface area contributed by atoms with Crippen molar-refractivity contribution in [3.63, 3.8) is 0 Å². The molecule has 20 heavy (non-hydrogen) atoms. The fourth-order valence-electron chi connectivity index (χ4n) is 2.66. The van der Waals surface area contributed by atoms with Crippen LogP contribution in [0.25, 0.3) is 0 Å². The molecule has 2 aliphatic rings. The molecule has 2 N–H and O–H groups in total. The van der Waals surface area contributed by atoms with E-state index in [1.807, 2.05) is 0 Å². The smallest absolute Gasteiger partial charge is 0.168 e. The third kappa shape index (κ3) is 2.20. The van der Waals surface area contributed by atoms with Crippen LogP contribution in [-0.2, 0) is 14.3 Å². The molecule has 104 valence electrons. The fraction of sp³-hybridized carbons (Fsp3) is 0.333. The van der Waals surface area contributed by atoms with Gasteiger partial charge in [0.15, 0.2) is 5.78 Å². The summed E-state index contributed by atoms with van der Waals surface area (Å²) in [6.07, 6.45) is -1.33. The molecule has 0 saturated heterocycles. The van der Waals surface area contributed by atoms with Crippen molar-refractivity contribution in [1.29, 1.82) is 0 Å². The van der Waals surface area contributed by atoms with Crippen LogP contribution in [-0.4, -0.2) is 27.9 Å². The Bertz CT molecular complexity index is 599. The first-order valence-corrected chi connectivity index (χ1v) is 6.46. The fourth-order valence-corrected chi connectivity index (χ4v) is 2.66. The summed E-state index contributed by atoms with van der Waals surface area (Å²) in [6, 6.07) is 6.40. The number of carbonyl (C=O) groups excluding carboxylic acids is 2. The summed E-state index contributed by atoms with van der Waals surface area (Å²) >= 11 is 0. The molecule has 0 amide bonds. The number of allylic oxidation sites excluding steroid dienone is 1. The van der Waals surface area contributed by atoms with Gasteiger partial charge in [0.2, 0.25) is 0 Å². The van der Waals surface area contributed by atoms with E-state index in [0.717, 1.165) is 5.56 Å². The van der Waals surface area contributed by atoms with Gasteiger partial charge in [-0.3, -0.25) is 9.59 Å². The Morgan fingerprint density at radius 1 is 1.10 bits per heavy atom. The molecule has 2 unspecified atom stereocenters. The van der Waals surface area contributed by atoms with Crippen LogP contribution in [0, 0.1) is 0 Å². The van der Waals surface area contributed by atoms with Crippen molar-refractivity contribution in [2.45, 2.75) is 31.5 Å². The van der Waals surface area contributed by atoms with Gasteiger partial charge in [-0.25, -0.2) is 0 Å². The van der Waals surface area contributed by atoms with Crippen LogP contribution in [0.15, 0.2) is 35.6 Å². The summed E-state index contributed by atoms with van der Waals surface area (Å²) < 4.78 is 5.72. The van der Waals surface area contributed by atoms with Crippen molar-refractivity contribution in [1.82, 2.24) is 0 Å². The Morgan fingerprint density at radius 3 is 2.50 bits per heavy atom. The maximum Gasteiger partial charge on any atom is 0.168 e. The Labute approximate surface area is 115 Å². The molecule has 0 radical (unpaired) electrons. The van der Waals surface area contributed by atoms with Gasteiger partial charge in [0.1, 0.15) is 23.4 Å². The number of carbonyl (C=O) groups is 2.